The van der Waals surface area contributed by atoms with Gasteiger partial charge >= 0.3 is 6.18 Å². The predicted octanol–water partition coefficient (Wildman–Crippen LogP) is 4.04. The lowest BCUT2D eigenvalue weighted by molar-refractivity contribution is -0.137. The maximum Gasteiger partial charge on any atom is 0.416 e. The van der Waals surface area contributed by atoms with Crippen LogP contribution in [0.25, 0.3) is 5.69 Å². The average Bonchev–Trinajstić information content (AvgIpc) is 2.86. The second-order valence-electron chi connectivity index (χ2n) is 4.59. The molecule has 0 aliphatic carbocycles. The van der Waals surface area contributed by atoms with Crippen LogP contribution in [0.2, 0.25) is 5.02 Å². The van der Waals surface area contributed by atoms with Crippen molar-refractivity contribution >= 4 is 11.6 Å². The fraction of sp³-hybridized carbons (Fsp3) is 0.357. The Kier molecular flexibility index (Phi) is 4.90. The highest BCUT2D eigenvalue weighted by molar-refractivity contribution is 6.32. The molecule has 1 aromatic heterocycles. The van der Waals surface area contributed by atoms with Crippen LogP contribution in [0, 0.1) is 0 Å². The summed E-state index contributed by atoms with van der Waals surface area (Å²) in [5, 5.41) is 7.51. The molecule has 2 aromatic rings. The van der Waals surface area contributed by atoms with Crippen molar-refractivity contribution in [1.82, 2.24) is 15.1 Å². The average molecular weight is 318 g/mol. The van der Waals surface area contributed by atoms with E-state index in [1.54, 1.807) is 12.3 Å². The van der Waals surface area contributed by atoms with E-state index in [1.165, 1.54) is 10.7 Å². The summed E-state index contributed by atoms with van der Waals surface area (Å²) in [6, 6.07) is 5.03. The van der Waals surface area contributed by atoms with Gasteiger partial charge in [-0.15, -0.1) is 0 Å². The van der Waals surface area contributed by atoms with Crippen molar-refractivity contribution in [2.24, 2.45) is 0 Å². The van der Waals surface area contributed by atoms with Crippen LogP contribution in [0.15, 0.2) is 30.5 Å². The highest BCUT2D eigenvalue weighted by Gasteiger charge is 2.31. The summed E-state index contributed by atoms with van der Waals surface area (Å²) in [6.45, 7) is 3.56. The Labute approximate surface area is 125 Å². The van der Waals surface area contributed by atoms with Crippen molar-refractivity contribution in [3.63, 3.8) is 0 Å². The molecule has 0 saturated heterocycles. The number of nitrogens with one attached hydrogen (secondary N) is 1. The molecule has 1 heterocycles. The van der Waals surface area contributed by atoms with E-state index in [9.17, 15) is 13.2 Å². The van der Waals surface area contributed by atoms with Crippen LogP contribution in [0.3, 0.4) is 0 Å². The maximum absolute atomic E-state index is 12.6. The van der Waals surface area contributed by atoms with Gasteiger partial charge in [0.1, 0.15) is 0 Å². The molecule has 0 amide bonds. The minimum absolute atomic E-state index is 0.0148. The van der Waals surface area contributed by atoms with Gasteiger partial charge in [-0.25, -0.2) is 4.68 Å². The number of benzene rings is 1. The van der Waals surface area contributed by atoms with Gasteiger partial charge in [-0.1, -0.05) is 18.5 Å². The summed E-state index contributed by atoms with van der Waals surface area (Å²) in [5.41, 5.74) is 0.457. The van der Waals surface area contributed by atoms with Gasteiger partial charge in [0.05, 0.1) is 22.0 Å². The van der Waals surface area contributed by atoms with E-state index >= 15 is 0 Å². The SMILES string of the molecule is CCCNCc1ccn(-c2ccc(C(F)(F)F)cc2Cl)n1. The Morgan fingerprint density at radius 1 is 1.29 bits per heavy atom. The summed E-state index contributed by atoms with van der Waals surface area (Å²) < 4.78 is 39.2. The monoisotopic (exact) mass is 317 g/mol. The van der Waals surface area contributed by atoms with Gasteiger partial charge < -0.3 is 5.32 Å². The first kappa shape index (κ1) is 15.9. The Bertz CT molecular complexity index is 608. The van der Waals surface area contributed by atoms with Crippen LogP contribution in [0.4, 0.5) is 13.2 Å². The van der Waals surface area contributed by atoms with E-state index in [1.807, 2.05) is 0 Å². The van der Waals surface area contributed by atoms with Crippen LogP contribution >= 0.6 is 11.6 Å². The third-order valence-corrected chi connectivity index (χ3v) is 3.20. The van der Waals surface area contributed by atoms with Gasteiger partial charge in [-0.3, -0.25) is 0 Å². The molecule has 0 aliphatic heterocycles. The van der Waals surface area contributed by atoms with Gasteiger partial charge in [-0.05, 0) is 37.2 Å². The molecular weight excluding hydrogens is 303 g/mol. The van der Waals surface area contributed by atoms with E-state index < -0.39 is 11.7 Å². The minimum atomic E-state index is -4.40. The van der Waals surface area contributed by atoms with Crippen molar-refractivity contribution in [2.45, 2.75) is 26.1 Å². The Balaban J connectivity index is 2.19. The van der Waals surface area contributed by atoms with Crippen molar-refractivity contribution in [3.8, 4) is 5.69 Å². The number of halogens is 4. The summed E-state index contributed by atoms with van der Waals surface area (Å²) in [4.78, 5) is 0. The minimum Gasteiger partial charge on any atom is -0.311 e. The largest absolute Gasteiger partial charge is 0.416 e. The lowest BCUT2D eigenvalue weighted by atomic mass is 10.2. The number of aromatic nitrogens is 2. The zero-order valence-electron chi connectivity index (χ0n) is 11.4. The first-order valence-corrected chi connectivity index (χ1v) is 6.92. The molecule has 0 aliphatic rings. The second-order valence-corrected chi connectivity index (χ2v) is 5.00. The molecule has 114 valence electrons. The Morgan fingerprint density at radius 3 is 2.67 bits per heavy atom. The smallest absolute Gasteiger partial charge is 0.311 e. The third kappa shape index (κ3) is 3.98. The highest BCUT2D eigenvalue weighted by Crippen LogP contribution is 2.33. The van der Waals surface area contributed by atoms with E-state index in [2.05, 4.69) is 17.3 Å². The van der Waals surface area contributed by atoms with Crippen LogP contribution in [-0.2, 0) is 12.7 Å². The molecule has 0 spiro atoms. The molecule has 1 N–H and O–H groups in total. The molecule has 3 nitrogen and oxygen atoms in total. The van der Waals surface area contributed by atoms with Gasteiger partial charge in [0.15, 0.2) is 0 Å². The van der Waals surface area contributed by atoms with Crippen molar-refractivity contribution in [3.05, 3.63) is 46.7 Å². The van der Waals surface area contributed by atoms with Gasteiger partial charge in [0.2, 0.25) is 0 Å². The van der Waals surface area contributed by atoms with Crippen molar-refractivity contribution in [2.75, 3.05) is 6.54 Å². The number of rotatable bonds is 5. The van der Waals surface area contributed by atoms with Crippen LogP contribution in [-0.4, -0.2) is 16.3 Å². The predicted molar refractivity (Wildman–Crippen MR) is 75.6 cm³/mol. The number of alkyl halides is 3. The Hall–Kier alpha value is -1.53. The summed E-state index contributed by atoms with van der Waals surface area (Å²) in [5.74, 6) is 0. The Morgan fingerprint density at radius 2 is 2.05 bits per heavy atom. The van der Waals surface area contributed by atoms with E-state index in [0.29, 0.717) is 12.2 Å². The molecule has 7 heteroatoms. The van der Waals surface area contributed by atoms with Crippen LogP contribution < -0.4 is 5.32 Å². The second kappa shape index (κ2) is 6.49. The molecule has 0 atom stereocenters. The van der Waals surface area contributed by atoms with Gasteiger partial charge in [0.25, 0.3) is 0 Å². The lowest BCUT2D eigenvalue weighted by Crippen LogP contribution is -2.14. The fourth-order valence-electron chi connectivity index (χ4n) is 1.85. The topological polar surface area (TPSA) is 29.9 Å². The normalized spacial score (nSPS) is 11.9. The van der Waals surface area contributed by atoms with E-state index in [-0.39, 0.29) is 5.02 Å². The maximum atomic E-state index is 12.6. The molecule has 0 fully saturated rings. The summed E-state index contributed by atoms with van der Waals surface area (Å²) in [7, 11) is 0. The molecule has 21 heavy (non-hydrogen) atoms. The van der Waals surface area contributed by atoms with Crippen LogP contribution in [0.1, 0.15) is 24.6 Å². The molecule has 2 rings (SSSR count). The first-order valence-electron chi connectivity index (χ1n) is 6.54. The molecule has 0 unspecified atom stereocenters. The number of hydrogen-bond acceptors (Lipinski definition) is 2. The highest BCUT2D eigenvalue weighted by atomic mass is 35.5. The lowest BCUT2D eigenvalue weighted by Gasteiger charge is -2.10. The van der Waals surface area contributed by atoms with Gasteiger partial charge in [-0.2, -0.15) is 18.3 Å². The van der Waals surface area contributed by atoms with E-state index in [4.69, 9.17) is 11.6 Å². The molecular formula is C14H15ClF3N3. The summed E-state index contributed by atoms with van der Waals surface area (Å²) in [6.07, 6.45) is -1.70. The zero-order chi connectivity index (χ0) is 15.5. The fourth-order valence-corrected chi connectivity index (χ4v) is 2.12. The standard InChI is InChI=1S/C14H15ClF3N3/c1-2-6-19-9-11-5-7-21(20-11)13-4-3-10(8-12(13)15)14(16,17)18/h3-5,7-8,19H,2,6,9H2,1H3. The summed E-state index contributed by atoms with van der Waals surface area (Å²) >= 11 is 5.93. The number of hydrogen-bond donors (Lipinski definition) is 1. The van der Waals surface area contributed by atoms with Crippen molar-refractivity contribution < 1.29 is 13.2 Å². The van der Waals surface area contributed by atoms with Crippen LogP contribution in [0.5, 0.6) is 0 Å². The molecule has 0 saturated carbocycles. The molecule has 1 aromatic carbocycles. The quantitative estimate of drug-likeness (QED) is 0.843. The first-order chi connectivity index (χ1) is 9.91. The number of nitrogens with zero attached hydrogens (tertiary/aromatic N) is 2. The van der Waals surface area contributed by atoms with E-state index in [0.717, 1.165) is 30.8 Å². The van der Waals surface area contributed by atoms with Crippen molar-refractivity contribution in [1.29, 1.82) is 0 Å². The third-order valence-electron chi connectivity index (χ3n) is 2.90. The van der Waals surface area contributed by atoms with Gasteiger partial charge in [0, 0.05) is 12.7 Å². The zero-order valence-corrected chi connectivity index (χ0v) is 12.2. The molecule has 0 bridgehead atoms. The molecule has 0 radical (unpaired) electrons.